The van der Waals surface area contributed by atoms with E-state index in [1.807, 2.05) is 11.8 Å². The quantitative estimate of drug-likeness (QED) is 0.206. The lowest BCUT2D eigenvalue weighted by atomic mass is 9.91. The van der Waals surface area contributed by atoms with E-state index < -0.39 is 0 Å². The standard InChI is InChI=1S/C29H26NS/c1-17(2)14-19-9-7-11-22-23-12-13-30(4)29-27-18(3)21-10-6-5-8-20(21)15-25(27)31-26(28(23)29)16-24(19)22/h5-13,15-17H,14H2,1-4H3/q+1. The van der Waals surface area contributed by atoms with Crippen molar-refractivity contribution in [3.63, 3.8) is 0 Å². The lowest BCUT2D eigenvalue weighted by molar-refractivity contribution is -0.659. The van der Waals surface area contributed by atoms with E-state index in [4.69, 9.17) is 0 Å². The Balaban J connectivity index is 1.77. The summed E-state index contributed by atoms with van der Waals surface area (Å²) < 4.78 is 2.32. The van der Waals surface area contributed by atoms with Crippen molar-refractivity contribution in [2.45, 2.75) is 37.0 Å². The van der Waals surface area contributed by atoms with E-state index in [1.165, 1.54) is 64.5 Å². The molecule has 1 nitrogen and oxygen atoms in total. The van der Waals surface area contributed by atoms with Crippen LogP contribution in [-0.2, 0) is 13.5 Å². The molecule has 0 atom stereocenters. The molecule has 0 N–H and O–H groups in total. The van der Waals surface area contributed by atoms with Crippen molar-refractivity contribution in [2.24, 2.45) is 13.0 Å². The molecule has 2 heteroatoms. The zero-order chi connectivity index (χ0) is 21.3. The van der Waals surface area contributed by atoms with Crippen LogP contribution in [0.2, 0.25) is 0 Å². The van der Waals surface area contributed by atoms with Gasteiger partial charge in [0.05, 0.1) is 10.9 Å². The number of aromatic nitrogens is 1. The van der Waals surface area contributed by atoms with Gasteiger partial charge in [-0.3, -0.25) is 0 Å². The lowest BCUT2D eigenvalue weighted by Crippen LogP contribution is -2.31. The summed E-state index contributed by atoms with van der Waals surface area (Å²) in [5.41, 5.74) is 5.58. The minimum atomic E-state index is 0.643. The van der Waals surface area contributed by atoms with E-state index in [9.17, 15) is 0 Å². The van der Waals surface area contributed by atoms with E-state index in [2.05, 4.69) is 99.2 Å². The second-order valence-corrected chi connectivity index (χ2v) is 10.3. The second-order valence-electron chi connectivity index (χ2n) is 9.25. The summed E-state index contributed by atoms with van der Waals surface area (Å²) >= 11 is 1.94. The Hall–Kier alpha value is -2.84. The van der Waals surface area contributed by atoms with Gasteiger partial charge in [0.15, 0.2) is 6.20 Å². The first kappa shape index (κ1) is 18.9. The van der Waals surface area contributed by atoms with Crippen LogP contribution in [0.15, 0.2) is 76.7 Å². The van der Waals surface area contributed by atoms with E-state index >= 15 is 0 Å². The van der Waals surface area contributed by atoms with Crippen LogP contribution in [0, 0.1) is 12.8 Å². The monoisotopic (exact) mass is 420 g/mol. The number of pyridine rings is 1. The van der Waals surface area contributed by atoms with Gasteiger partial charge in [-0.25, -0.2) is 4.57 Å². The molecule has 0 unspecified atom stereocenters. The third kappa shape index (κ3) is 2.74. The van der Waals surface area contributed by atoms with E-state index in [0.29, 0.717) is 5.92 Å². The topological polar surface area (TPSA) is 3.88 Å². The summed E-state index contributed by atoms with van der Waals surface area (Å²) in [5, 5.41) is 8.23. The SMILES string of the molecule is Cc1c2c(cc3ccccc13)Sc1cc3c(CC(C)C)cccc3c3cc[n+](C)c-2c13. The van der Waals surface area contributed by atoms with E-state index in [1.54, 1.807) is 0 Å². The first-order valence-electron chi connectivity index (χ1n) is 11.1. The first-order valence-corrected chi connectivity index (χ1v) is 11.9. The highest BCUT2D eigenvalue weighted by Crippen LogP contribution is 2.51. The number of nitrogens with zero attached hydrogens (tertiary/aromatic N) is 1. The second kappa shape index (κ2) is 6.83. The molecule has 0 amide bonds. The van der Waals surface area contributed by atoms with Crippen molar-refractivity contribution in [1.82, 2.24) is 0 Å². The van der Waals surface area contributed by atoms with Gasteiger partial charge in [0.2, 0.25) is 5.69 Å². The molecule has 0 spiro atoms. The molecule has 1 aliphatic rings. The Morgan fingerprint density at radius 1 is 0.839 bits per heavy atom. The van der Waals surface area contributed by atoms with Crippen LogP contribution in [0.3, 0.4) is 0 Å². The smallest absolute Gasteiger partial charge is 0.200 e. The predicted molar refractivity (Wildman–Crippen MR) is 133 cm³/mol. The fraction of sp³-hybridized carbons (Fsp3) is 0.207. The molecule has 0 aliphatic carbocycles. The number of hydrogen-bond acceptors (Lipinski definition) is 1. The van der Waals surface area contributed by atoms with Crippen LogP contribution in [-0.4, -0.2) is 0 Å². The Bertz CT molecular complexity index is 1530. The summed E-state index contributed by atoms with van der Waals surface area (Å²) in [5.74, 6) is 0.643. The lowest BCUT2D eigenvalue weighted by Gasteiger charge is -2.22. The highest BCUT2D eigenvalue weighted by molar-refractivity contribution is 7.99. The molecule has 0 saturated carbocycles. The van der Waals surface area contributed by atoms with Crippen LogP contribution in [0.25, 0.3) is 43.6 Å². The molecule has 31 heavy (non-hydrogen) atoms. The number of aryl methyl sites for hydroxylation is 2. The molecule has 6 rings (SSSR count). The Labute approximate surface area is 187 Å². The van der Waals surface area contributed by atoms with Gasteiger partial charge < -0.3 is 0 Å². The molecule has 0 radical (unpaired) electrons. The van der Waals surface area contributed by atoms with Gasteiger partial charge in [0.25, 0.3) is 0 Å². The molecular weight excluding hydrogens is 394 g/mol. The van der Waals surface area contributed by atoms with Gasteiger partial charge in [0, 0.05) is 21.2 Å². The van der Waals surface area contributed by atoms with Gasteiger partial charge in [-0.05, 0) is 64.1 Å². The van der Waals surface area contributed by atoms with E-state index in [-0.39, 0.29) is 0 Å². The number of rotatable bonds is 2. The predicted octanol–water partition coefficient (Wildman–Crippen LogP) is 7.61. The fourth-order valence-electron chi connectivity index (χ4n) is 5.33. The normalized spacial score (nSPS) is 12.8. The molecule has 0 fully saturated rings. The third-order valence-electron chi connectivity index (χ3n) is 6.69. The van der Waals surface area contributed by atoms with E-state index in [0.717, 1.165) is 6.42 Å². The zero-order valence-electron chi connectivity index (χ0n) is 18.5. The number of benzene rings is 4. The van der Waals surface area contributed by atoms with Gasteiger partial charge >= 0.3 is 0 Å². The van der Waals surface area contributed by atoms with Crippen molar-refractivity contribution >= 4 is 44.1 Å². The average molecular weight is 421 g/mol. The van der Waals surface area contributed by atoms with Crippen molar-refractivity contribution in [2.75, 3.05) is 0 Å². The van der Waals surface area contributed by atoms with Crippen LogP contribution >= 0.6 is 11.8 Å². The maximum absolute atomic E-state index is 2.46. The van der Waals surface area contributed by atoms with Crippen LogP contribution < -0.4 is 4.57 Å². The summed E-state index contributed by atoms with van der Waals surface area (Å²) in [6.45, 7) is 6.90. The zero-order valence-corrected chi connectivity index (χ0v) is 19.3. The highest BCUT2D eigenvalue weighted by atomic mass is 32.2. The molecular formula is C29H26NS+. The van der Waals surface area contributed by atoms with Gasteiger partial charge in [-0.2, -0.15) is 0 Å². The van der Waals surface area contributed by atoms with Crippen molar-refractivity contribution in [1.29, 1.82) is 0 Å². The largest absolute Gasteiger partial charge is 0.222 e. The number of hydrogen-bond donors (Lipinski definition) is 0. The van der Waals surface area contributed by atoms with Crippen molar-refractivity contribution in [3.05, 3.63) is 78.0 Å². The van der Waals surface area contributed by atoms with Crippen LogP contribution in [0.1, 0.15) is 25.0 Å². The van der Waals surface area contributed by atoms with Gasteiger partial charge in [-0.1, -0.05) is 68.1 Å². The van der Waals surface area contributed by atoms with Crippen LogP contribution in [0.4, 0.5) is 0 Å². The summed E-state index contributed by atoms with van der Waals surface area (Å²) in [7, 11) is 2.19. The summed E-state index contributed by atoms with van der Waals surface area (Å²) in [4.78, 5) is 2.75. The average Bonchev–Trinajstić information content (AvgIpc) is 2.75. The minimum absolute atomic E-state index is 0.643. The summed E-state index contributed by atoms with van der Waals surface area (Å²) in [6.07, 6.45) is 3.35. The Morgan fingerprint density at radius 2 is 1.65 bits per heavy atom. The molecule has 1 aliphatic heterocycles. The van der Waals surface area contributed by atoms with Gasteiger partial charge in [-0.15, -0.1) is 0 Å². The maximum atomic E-state index is 2.46. The first-order chi connectivity index (χ1) is 15.0. The Kier molecular flexibility index (Phi) is 4.16. The highest BCUT2D eigenvalue weighted by Gasteiger charge is 2.30. The number of fused-ring (bicyclic) bond motifs is 5. The third-order valence-corrected chi connectivity index (χ3v) is 7.77. The Morgan fingerprint density at radius 3 is 2.48 bits per heavy atom. The van der Waals surface area contributed by atoms with Gasteiger partial charge in [0.1, 0.15) is 7.05 Å². The van der Waals surface area contributed by atoms with Crippen molar-refractivity contribution in [3.8, 4) is 11.3 Å². The van der Waals surface area contributed by atoms with Crippen LogP contribution in [0.5, 0.6) is 0 Å². The van der Waals surface area contributed by atoms with Crippen molar-refractivity contribution < 1.29 is 4.57 Å². The summed E-state index contributed by atoms with van der Waals surface area (Å²) in [6, 6.07) is 22.8. The minimum Gasteiger partial charge on any atom is -0.200 e. The molecule has 2 heterocycles. The molecule has 4 aromatic carbocycles. The maximum Gasteiger partial charge on any atom is 0.222 e. The molecule has 0 saturated heterocycles. The molecule has 5 aromatic rings. The fourth-order valence-corrected chi connectivity index (χ4v) is 6.59. The molecule has 152 valence electrons. The molecule has 0 bridgehead atoms. The molecule has 1 aromatic heterocycles.